The van der Waals surface area contributed by atoms with Crippen LogP contribution in [0, 0.1) is 0 Å². The van der Waals surface area contributed by atoms with Gasteiger partial charge < -0.3 is 0 Å². The third-order valence-electron chi connectivity index (χ3n) is 2.50. The first-order valence-corrected chi connectivity index (χ1v) is 7.83. The van der Waals surface area contributed by atoms with Crippen molar-refractivity contribution >= 4 is 35.6 Å². The van der Waals surface area contributed by atoms with E-state index in [9.17, 15) is 0 Å². The van der Waals surface area contributed by atoms with Crippen LogP contribution in [-0.2, 0) is 0 Å². The summed E-state index contributed by atoms with van der Waals surface area (Å²) >= 11 is 1.74. The van der Waals surface area contributed by atoms with Crippen molar-refractivity contribution in [3.63, 3.8) is 0 Å². The van der Waals surface area contributed by atoms with Crippen LogP contribution < -0.4 is 10.9 Å². The van der Waals surface area contributed by atoms with E-state index in [1.54, 1.807) is 11.8 Å². The molecule has 0 amide bonds. The van der Waals surface area contributed by atoms with Crippen molar-refractivity contribution in [1.29, 1.82) is 0 Å². The molecule has 0 heterocycles. The molecule has 2 aromatic carbocycles. The summed E-state index contributed by atoms with van der Waals surface area (Å²) in [6.07, 6.45) is 3.71. The molecule has 0 aliphatic rings. The largest absolute Gasteiger partial charge is 0.279 e. The summed E-state index contributed by atoms with van der Waals surface area (Å²) < 4.78 is 0. The highest BCUT2D eigenvalue weighted by atomic mass is 32.2. The molecule has 0 atom stereocenters. The van der Waals surface area contributed by atoms with Crippen LogP contribution in [0.15, 0.2) is 70.9 Å². The summed E-state index contributed by atoms with van der Waals surface area (Å²) in [5.74, 6) is 1.69. The number of nitrogens with one attached hydrogen (secondary N) is 2. The van der Waals surface area contributed by atoms with Crippen LogP contribution in [0.5, 0.6) is 0 Å². The highest BCUT2D eigenvalue weighted by Crippen LogP contribution is 2.05. The molecule has 0 spiro atoms. The van der Waals surface area contributed by atoms with Crippen LogP contribution in [0.25, 0.3) is 0 Å². The van der Waals surface area contributed by atoms with E-state index in [-0.39, 0.29) is 0 Å². The second-order valence-corrected chi connectivity index (χ2v) is 5.19. The quantitative estimate of drug-likeness (QED) is 0.441. The Balaban J connectivity index is 1.54. The molecule has 0 radical (unpaired) electrons. The molecule has 0 aromatic heterocycles. The average Bonchev–Trinajstić information content (AvgIpc) is 2.55. The van der Waals surface area contributed by atoms with Crippen LogP contribution in [0.1, 0.15) is 0 Å². The molecule has 0 bridgehead atoms. The smallest absolute Gasteiger partial charge is 0.0561 e. The molecule has 0 unspecified atom stereocenters. The van der Waals surface area contributed by atoms with Gasteiger partial charge in [0, 0.05) is 23.9 Å². The van der Waals surface area contributed by atoms with Gasteiger partial charge in [-0.05, 0) is 24.3 Å². The monoisotopic (exact) mass is 298 g/mol. The fraction of sp³-hybridized carbons (Fsp3) is 0.125. The van der Waals surface area contributed by atoms with E-state index in [0.29, 0.717) is 0 Å². The van der Waals surface area contributed by atoms with Crippen molar-refractivity contribution in [2.45, 2.75) is 0 Å². The predicted molar refractivity (Wildman–Crippen MR) is 94.4 cm³/mol. The predicted octanol–water partition coefficient (Wildman–Crippen LogP) is 3.92. The second kappa shape index (κ2) is 9.61. The van der Waals surface area contributed by atoms with Crippen molar-refractivity contribution in [2.75, 3.05) is 22.4 Å². The van der Waals surface area contributed by atoms with Gasteiger partial charge in [-0.1, -0.05) is 36.4 Å². The minimum absolute atomic E-state index is 0.844. The van der Waals surface area contributed by atoms with Gasteiger partial charge in [-0.2, -0.15) is 22.0 Å². The molecule has 0 saturated heterocycles. The molecule has 0 saturated carbocycles. The van der Waals surface area contributed by atoms with E-state index in [1.807, 2.05) is 73.1 Å². The highest BCUT2D eigenvalue weighted by Gasteiger charge is 1.86. The number of hydrazone groups is 2. The standard InChI is InChI=1S/C16H18N4S/c1-3-7-15(8-4-1)19-17-11-13-21-14-12-18-20-16-9-5-2-6-10-16/h1-12,19-20H,13-14H2. The molecule has 5 heteroatoms. The summed E-state index contributed by atoms with van der Waals surface area (Å²) in [7, 11) is 0. The van der Waals surface area contributed by atoms with Crippen molar-refractivity contribution in [3.05, 3.63) is 60.7 Å². The number of rotatable bonds is 8. The number of hydrogen-bond donors (Lipinski definition) is 2. The summed E-state index contributed by atoms with van der Waals surface area (Å²) in [6, 6.07) is 19.8. The van der Waals surface area contributed by atoms with Crippen LogP contribution in [-0.4, -0.2) is 23.9 Å². The maximum absolute atomic E-state index is 4.15. The topological polar surface area (TPSA) is 48.8 Å². The minimum atomic E-state index is 0.844. The van der Waals surface area contributed by atoms with Gasteiger partial charge in [-0.15, -0.1) is 0 Å². The zero-order valence-corrected chi connectivity index (χ0v) is 12.5. The Morgan fingerprint density at radius 3 is 1.57 bits per heavy atom. The lowest BCUT2D eigenvalue weighted by molar-refractivity contribution is 1.35. The van der Waals surface area contributed by atoms with Gasteiger partial charge in [0.05, 0.1) is 11.4 Å². The van der Waals surface area contributed by atoms with Crippen molar-refractivity contribution < 1.29 is 0 Å². The number of hydrogen-bond acceptors (Lipinski definition) is 5. The van der Waals surface area contributed by atoms with Gasteiger partial charge in [0.1, 0.15) is 0 Å². The van der Waals surface area contributed by atoms with Gasteiger partial charge in [-0.3, -0.25) is 10.9 Å². The normalized spacial score (nSPS) is 11.0. The molecule has 2 rings (SSSR count). The van der Waals surface area contributed by atoms with Crippen molar-refractivity contribution in [1.82, 2.24) is 0 Å². The Morgan fingerprint density at radius 2 is 1.14 bits per heavy atom. The molecule has 2 N–H and O–H groups in total. The van der Waals surface area contributed by atoms with Crippen LogP contribution in [0.3, 0.4) is 0 Å². The fourth-order valence-electron chi connectivity index (χ4n) is 1.51. The number of nitrogens with zero attached hydrogens (tertiary/aromatic N) is 2. The van der Waals surface area contributed by atoms with E-state index < -0.39 is 0 Å². The molecular formula is C16H18N4S. The minimum Gasteiger partial charge on any atom is -0.279 e. The van der Waals surface area contributed by atoms with Crippen LogP contribution in [0.4, 0.5) is 11.4 Å². The molecule has 2 aromatic rings. The number of thioether (sulfide) groups is 1. The first-order valence-electron chi connectivity index (χ1n) is 6.68. The highest BCUT2D eigenvalue weighted by molar-refractivity contribution is 8.00. The SMILES string of the molecule is C(CSCC=NNc1ccccc1)=NNc1ccccc1. The first kappa shape index (κ1) is 15.1. The lowest BCUT2D eigenvalue weighted by Gasteiger charge is -1.98. The summed E-state index contributed by atoms with van der Waals surface area (Å²) in [6.45, 7) is 0. The average molecular weight is 298 g/mol. The Kier molecular flexibility index (Phi) is 6.92. The van der Waals surface area contributed by atoms with Crippen molar-refractivity contribution in [3.8, 4) is 0 Å². The molecule has 21 heavy (non-hydrogen) atoms. The second-order valence-electron chi connectivity index (χ2n) is 4.12. The lowest BCUT2D eigenvalue weighted by Crippen LogP contribution is -1.93. The van der Waals surface area contributed by atoms with Gasteiger partial charge in [0.15, 0.2) is 0 Å². The van der Waals surface area contributed by atoms with E-state index in [1.165, 1.54) is 0 Å². The van der Waals surface area contributed by atoms with Gasteiger partial charge >= 0.3 is 0 Å². The van der Waals surface area contributed by atoms with E-state index in [0.717, 1.165) is 22.9 Å². The Labute approximate surface area is 129 Å². The molecular weight excluding hydrogens is 280 g/mol. The number of para-hydroxylation sites is 2. The Hall–Kier alpha value is -2.27. The van der Waals surface area contributed by atoms with Gasteiger partial charge in [-0.25, -0.2) is 0 Å². The summed E-state index contributed by atoms with van der Waals surface area (Å²) in [4.78, 5) is 0. The Morgan fingerprint density at radius 1 is 0.714 bits per heavy atom. The lowest BCUT2D eigenvalue weighted by atomic mass is 10.3. The molecule has 0 fully saturated rings. The fourth-order valence-corrected chi connectivity index (χ4v) is 2.01. The molecule has 0 aliphatic carbocycles. The van der Waals surface area contributed by atoms with E-state index in [4.69, 9.17) is 0 Å². The number of anilines is 2. The summed E-state index contributed by atoms with van der Waals surface area (Å²) in [5.41, 5.74) is 7.94. The van der Waals surface area contributed by atoms with Gasteiger partial charge in [0.25, 0.3) is 0 Å². The molecule has 4 nitrogen and oxygen atoms in total. The third-order valence-corrected chi connectivity index (χ3v) is 3.27. The number of benzene rings is 2. The zero-order valence-electron chi connectivity index (χ0n) is 11.6. The first-order chi connectivity index (χ1) is 10.4. The Bertz CT molecular complexity index is 504. The van der Waals surface area contributed by atoms with Crippen LogP contribution in [0.2, 0.25) is 0 Å². The maximum Gasteiger partial charge on any atom is 0.0561 e. The molecule has 108 valence electrons. The van der Waals surface area contributed by atoms with E-state index >= 15 is 0 Å². The molecule has 0 aliphatic heterocycles. The maximum atomic E-state index is 4.15. The third kappa shape index (κ3) is 6.63. The zero-order chi connectivity index (χ0) is 14.6. The van der Waals surface area contributed by atoms with Crippen LogP contribution >= 0.6 is 11.8 Å². The summed E-state index contributed by atoms with van der Waals surface area (Å²) in [5, 5.41) is 8.30. The van der Waals surface area contributed by atoms with Crippen molar-refractivity contribution in [2.24, 2.45) is 10.2 Å². The van der Waals surface area contributed by atoms with E-state index in [2.05, 4.69) is 21.1 Å². The van der Waals surface area contributed by atoms with Gasteiger partial charge in [0.2, 0.25) is 0 Å².